The number of carbonyl (C=O) groups is 2. The van der Waals surface area contributed by atoms with Gasteiger partial charge in [-0.3, -0.25) is 14.5 Å². The third kappa shape index (κ3) is 1.99. The molecule has 0 aromatic carbocycles. The standard InChI is InChI=1S/C9H12N4O2S/c1-13-7(14)3-2-5(8(13)15)12-9-11-4-6(10)16-9/h4-5H,2-3,10H2,1H3,(H,11,12). The van der Waals surface area contributed by atoms with Gasteiger partial charge in [-0.1, -0.05) is 11.3 Å². The van der Waals surface area contributed by atoms with E-state index in [0.29, 0.717) is 23.0 Å². The van der Waals surface area contributed by atoms with Crippen molar-refractivity contribution in [2.45, 2.75) is 18.9 Å². The molecule has 0 bridgehead atoms. The first-order chi connectivity index (χ1) is 7.58. The van der Waals surface area contributed by atoms with Gasteiger partial charge in [0.1, 0.15) is 11.0 Å². The maximum atomic E-state index is 11.7. The monoisotopic (exact) mass is 240 g/mol. The van der Waals surface area contributed by atoms with Gasteiger partial charge in [0.15, 0.2) is 5.13 Å². The quantitative estimate of drug-likeness (QED) is 0.725. The van der Waals surface area contributed by atoms with Crippen LogP contribution < -0.4 is 11.1 Å². The van der Waals surface area contributed by atoms with Crippen LogP contribution >= 0.6 is 11.3 Å². The Kier molecular flexibility index (Phi) is 2.78. The lowest BCUT2D eigenvalue weighted by molar-refractivity contribution is -0.146. The number of likely N-dealkylation sites (tertiary alicyclic amines) is 1. The number of nitrogens with two attached hydrogens (primary N) is 1. The molecule has 16 heavy (non-hydrogen) atoms. The molecule has 2 rings (SSSR count). The summed E-state index contributed by atoms with van der Waals surface area (Å²) >= 11 is 1.29. The summed E-state index contributed by atoms with van der Waals surface area (Å²) in [7, 11) is 1.49. The Morgan fingerprint density at radius 1 is 1.62 bits per heavy atom. The number of aromatic nitrogens is 1. The highest BCUT2D eigenvalue weighted by Crippen LogP contribution is 2.23. The smallest absolute Gasteiger partial charge is 0.251 e. The van der Waals surface area contributed by atoms with Gasteiger partial charge in [-0.25, -0.2) is 4.98 Å². The third-order valence-electron chi connectivity index (χ3n) is 2.47. The summed E-state index contributed by atoms with van der Waals surface area (Å²) in [5.74, 6) is -0.355. The number of hydrogen-bond donors (Lipinski definition) is 2. The van der Waals surface area contributed by atoms with Gasteiger partial charge in [-0.05, 0) is 6.42 Å². The molecule has 0 spiro atoms. The molecule has 1 atom stereocenters. The zero-order chi connectivity index (χ0) is 11.7. The summed E-state index contributed by atoms with van der Waals surface area (Å²) in [5, 5.41) is 4.19. The molecule has 0 saturated carbocycles. The van der Waals surface area contributed by atoms with E-state index in [1.54, 1.807) is 0 Å². The van der Waals surface area contributed by atoms with Crippen LogP contribution in [0.5, 0.6) is 0 Å². The Hall–Kier alpha value is -1.63. The molecule has 1 aromatic heterocycles. The Bertz CT molecular complexity index is 431. The number of piperidine rings is 1. The molecule has 1 aliphatic rings. The van der Waals surface area contributed by atoms with Gasteiger partial charge in [-0.2, -0.15) is 0 Å². The molecule has 1 fully saturated rings. The first-order valence-corrected chi connectivity index (χ1v) is 5.68. The number of likely N-dealkylation sites (N-methyl/N-ethyl adjacent to an activating group) is 1. The van der Waals surface area contributed by atoms with Crippen LogP contribution in [0.4, 0.5) is 10.1 Å². The molecule has 1 saturated heterocycles. The molecule has 0 aliphatic carbocycles. The summed E-state index contributed by atoms with van der Waals surface area (Å²) in [6.45, 7) is 0. The zero-order valence-corrected chi connectivity index (χ0v) is 9.58. The Morgan fingerprint density at radius 3 is 3.00 bits per heavy atom. The van der Waals surface area contributed by atoms with E-state index in [0.717, 1.165) is 4.90 Å². The SMILES string of the molecule is CN1C(=O)CCC(Nc2ncc(N)s2)C1=O. The predicted molar refractivity (Wildman–Crippen MR) is 60.9 cm³/mol. The van der Waals surface area contributed by atoms with Crippen molar-refractivity contribution in [3.8, 4) is 0 Å². The van der Waals surface area contributed by atoms with Crippen molar-refractivity contribution >= 4 is 33.3 Å². The summed E-state index contributed by atoms with van der Waals surface area (Å²) in [6.07, 6.45) is 2.41. The van der Waals surface area contributed by atoms with Crippen LogP contribution in [0.25, 0.3) is 0 Å². The minimum absolute atomic E-state index is 0.137. The van der Waals surface area contributed by atoms with Crippen LogP contribution in [-0.4, -0.2) is 34.8 Å². The largest absolute Gasteiger partial charge is 0.389 e. The summed E-state index contributed by atoms with van der Waals surface area (Å²) in [6, 6.07) is -0.381. The second-order valence-electron chi connectivity index (χ2n) is 3.59. The molecule has 86 valence electrons. The number of thiazole rings is 1. The number of hydrogen-bond acceptors (Lipinski definition) is 6. The zero-order valence-electron chi connectivity index (χ0n) is 8.77. The molecule has 2 heterocycles. The molecule has 1 aromatic rings. The lowest BCUT2D eigenvalue weighted by Crippen LogP contribution is -2.48. The average molecular weight is 240 g/mol. The van der Waals surface area contributed by atoms with E-state index in [9.17, 15) is 9.59 Å². The van der Waals surface area contributed by atoms with Crippen LogP contribution in [-0.2, 0) is 9.59 Å². The van der Waals surface area contributed by atoms with E-state index < -0.39 is 0 Å². The summed E-state index contributed by atoms with van der Waals surface area (Å²) < 4.78 is 0. The van der Waals surface area contributed by atoms with Gasteiger partial charge in [0.2, 0.25) is 5.91 Å². The van der Waals surface area contributed by atoms with Crippen LogP contribution in [0.15, 0.2) is 6.20 Å². The molecule has 6 nitrogen and oxygen atoms in total. The normalized spacial score (nSPS) is 21.3. The molecule has 7 heteroatoms. The Balaban J connectivity index is 2.06. The van der Waals surface area contributed by atoms with Gasteiger partial charge in [0.05, 0.1) is 6.20 Å². The van der Waals surface area contributed by atoms with Crippen molar-refractivity contribution in [2.75, 3.05) is 18.1 Å². The number of carbonyl (C=O) groups excluding carboxylic acids is 2. The van der Waals surface area contributed by atoms with Crippen molar-refractivity contribution in [2.24, 2.45) is 0 Å². The number of anilines is 2. The van der Waals surface area contributed by atoms with Crippen molar-refractivity contribution in [1.29, 1.82) is 0 Å². The number of nitrogens with one attached hydrogen (secondary N) is 1. The average Bonchev–Trinajstić information content (AvgIpc) is 2.65. The fraction of sp³-hybridized carbons (Fsp3) is 0.444. The van der Waals surface area contributed by atoms with Gasteiger partial charge in [0, 0.05) is 13.5 Å². The van der Waals surface area contributed by atoms with Gasteiger partial charge < -0.3 is 11.1 Å². The third-order valence-corrected chi connectivity index (χ3v) is 3.23. The van der Waals surface area contributed by atoms with E-state index >= 15 is 0 Å². The van der Waals surface area contributed by atoms with Gasteiger partial charge in [0.25, 0.3) is 5.91 Å². The van der Waals surface area contributed by atoms with Crippen LogP contribution in [0.2, 0.25) is 0 Å². The second-order valence-corrected chi connectivity index (χ2v) is 4.66. The summed E-state index contributed by atoms with van der Waals surface area (Å²) in [4.78, 5) is 28.2. The predicted octanol–water partition coefficient (Wildman–Crippen LogP) is 0.285. The minimum Gasteiger partial charge on any atom is -0.389 e. The number of nitrogens with zero attached hydrogens (tertiary/aromatic N) is 2. The fourth-order valence-corrected chi connectivity index (χ4v) is 2.19. The van der Waals surface area contributed by atoms with Crippen LogP contribution in [0, 0.1) is 0 Å². The molecule has 0 radical (unpaired) electrons. The van der Waals surface area contributed by atoms with Crippen LogP contribution in [0.1, 0.15) is 12.8 Å². The van der Waals surface area contributed by atoms with Gasteiger partial charge >= 0.3 is 0 Å². The van der Waals surface area contributed by atoms with E-state index in [1.165, 1.54) is 24.6 Å². The van der Waals surface area contributed by atoms with Crippen LogP contribution in [0.3, 0.4) is 0 Å². The van der Waals surface area contributed by atoms with E-state index in [-0.39, 0.29) is 17.9 Å². The highest BCUT2D eigenvalue weighted by Gasteiger charge is 2.31. The highest BCUT2D eigenvalue weighted by molar-refractivity contribution is 7.19. The van der Waals surface area contributed by atoms with Gasteiger partial charge in [-0.15, -0.1) is 0 Å². The van der Waals surface area contributed by atoms with E-state index in [4.69, 9.17) is 5.73 Å². The number of rotatable bonds is 2. The molecule has 2 amide bonds. The van der Waals surface area contributed by atoms with Crippen molar-refractivity contribution in [3.63, 3.8) is 0 Å². The van der Waals surface area contributed by atoms with E-state index in [2.05, 4.69) is 10.3 Å². The Morgan fingerprint density at radius 2 is 2.38 bits per heavy atom. The summed E-state index contributed by atoms with van der Waals surface area (Å²) in [5.41, 5.74) is 5.53. The number of imide groups is 1. The van der Waals surface area contributed by atoms with Crippen molar-refractivity contribution in [1.82, 2.24) is 9.88 Å². The fourth-order valence-electron chi connectivity index (χ4n) is 1.55. The molecular formula is C9H12N4O2S. The number of amides is 2. The highest BCUT2D eigenvalue weighted by atomic mass is 32.1. The lowest BCUT2D eigenvalue weighted by Gasteiger charge is -2.27. The van der Waals surface area contributed by atoms with E-state index in [1.807, 2.05) is 0 Å². The van der Waals surface area contributed by atoms with Crippen molar-refractivity contribution < 1.29 is 9.59 Å². The maximum Gasteiger partial charge on any atom is 0.251 e. The maximum absolute atomic E-state index is 11.7. The second kappa shape index (κ2) is 4.09. The molecular weight excluding hydrogens is 228 g/mol. The minimum atomic E-state index is -0.381. The first kappa shape index (κ1) is 10.9. The molecule has 1 aliphatic heterocycles. The lowest BCUT2D eigenvalue weighted by atomic mass is 10.1. The Labute approximate surface area is 96.4 Å². The molecule has 1 unspecified atom stereocenters. The molecule has 3 N–H and O–H groups in total. The van der Waals surface area contributed by atoms with Crippen molar-refractivity contribution in [3.05, 3.63) is 6.20 Å². The first-order valence-electron chi connectivity index (χ1n) is 4.86. The topological polar surface area (TPSA) is 88.3 Å². The number of nitrogen functional groups attached to an aromatic ring is 1.